The van der Waals surface area contributed by atoms with E-state index >= 15 is 0 Å². The predicted molar refractivity (Wildman–Crippen MR) is 96.2 cm³/mol. The minimum Gasteiger partial charge on any atom is -0.297 e. The van der Waals surface area contributed by atoms with Gasteiger partial charge in [0.15, 0.2) is 0 Å². The Kier molecular flexibility index (Phi) is 4.07. The number of nitrogens with zero attached hydrogens (tertiary/aromatic N) is 2. The van der Waals surface area contributed by atoms with Crippen molar-refractivity contribution in [3.8, 4) is 0 Å². The Bertz CT molecular complexity index is 567. The molecule has 2 fully saturated rings. The molecule has 0 aromatic heterocycles. The number of rotatable bonds is 4. The third-order valence-electron chi connectivity index (χ3n) is 6.70. The maximum absolute atomic E-state index is 2.68. The topological polar surface area (TPSA) is 6.48 Å². The first kappa shape index (κ1) is 15.4. The van der Waals surface area contributed by atoms with Crippen LogP contribution in [0, 0.1) is 17.3 Å². The zero-order valence-corrected chi connectivity index (χ0v) is 14.7. The number of benzene rings is 1. The van der Waals surface area contributed by atoms with E-state index < -0.39 is 0 Å². The predicted octanol–water partition coefficient (Wildman–Crippen LogP) is 3.80. The molecule has 2 bridgehead atoms. The van der Waals surface area contributed by atoms with E-state index in [1.807, 2.05) is 0 Å². The molecule has 124 valence electrons. The van der Waals surface area contributed by atoms with Crippen LogP contribution in [0.15, 0.2) is 42.0 Å². The van der Waals surface area contributed by atoms with E-state index in [-0.39, 0.29) is 0 Å². The van der Waals surface area contributed by atoms with E-state index in [0.29, 0.717) is 5.41 Å². The van der Waals surface area contributed by atoms with Gasteiger partial charge in [-0.15, -0.1) is 0 Å². The summed E-state index contributed by atoms with van der Waals surface area (Å²) in [6.45, 7) is 12.2. The third kappa shape index (κ3) is 2.99. The van der Waals surface area contributed by atoms with Crippen molar-refractivity contribution in [2.45, 2.75) is 33.2 Å². The number of piperazine rings is 1. The highest BCUT2D eigenvalue weighted by Crippen LogP contribution is 2.59. The fraction of sp³-hybridized carbons (Fsp3) is 0.619. The van der Waals surface area contributed by atoms with E-state index in [2.05, 4.69) is 60.1 Å². The number of allylic oxidation sites excluding steroid dienone is 1. The van der Waals surface area contributed by atoms with E-state index in [1.54, 1.807) is 5.57 Å². The zero-order chi connectivity index (χ0) is 15.9. The molecule has 0 unspecified atom stereocenters. The summed E-state index contributed by atoms with van der Waals surface area (Å²) < 4.78 is 0. The van der Waals surface area contributed by atoms with Gasteiger partial charge in [-0.2, -0.15) is 0 Å². The van der Waals surface area contributed by atoms with Crippen LogP contribution in [0.2, 0.25) is 0 Å². The molecule has 0 amide bonds. The standard InChI is InChI=1S/C21H30N2/c1-21(2)19-9-8-18(20(21)14-19)16-23-12-10-22(11-13-23)15-17-6-4-3-5-7-17/h3-8,19-20H,9-16H2,1-2H3/t19-,20+/m0/s1. The molecule has 3 aliphatic carbocycles. The highest BCUT2D eigenvalue weighted by atomic mass is 15.3. The van der Waals surface area contributed by atoms with Crippen molar-refractivity contribution < 1.29 is 0 Å². The van der Waals surface area contributed by atoms with Crippen LogP contribution in [-0.4, -0.2) is 42.5 Å². The van der Waals surface area contributed by atoms with Gasteiger partial charge in [-0.1, -0.05) is 55.8 Å². The Hall–Kier alpha value is -1.12. The number of fused-ring (bicyclic) bond motifs is 1. The quantitative estimate of drug-likeness (QED) is 0.781. The second-order valence-corrected chi connectivity index (χ2v) is 8.36. The summed E-state index contributed by atoms with van der Waals surface area (Å²) in [5.41, 5.74) is 3.76. The lowest BCUT2D eigenvalue weighted by Crippen LogP contribution is -2.52. The highest BCUT2D eigenvalue weighted by molar-refractivity contribution is 5.24. The Labute approximate surface area is 141 Å². The second-order valence-electron chi connectivity index (χ2n) is 8.36. The molecule has 0 N–H and O–H groups in total. The van der Waals surface area contributed by atoms with Gasteiger partial charge in [0.25, 0.3) is 0 Å². The summed E-state index contributed by atoms with van der Waals surface area (Å²) in [5.74, 6) is 1.82. The first-order chi connectivity index (χ1) is 11.1. The van der Waals surface area contributed by atoms with Gasteiger partial charge in [-0.3, -0.25) is 9.80 Å². The summed E-state index contributed by atoms with van der Waals surface area (Å²) in [6.07, 6.45) is 5.35. The number of hydrogen-bond acceptors (Lipinski definition) is 2. The van der Waals surface area contributed by atoms with Crippen LogP contribution in [-0.2, 0) is 6.54 Å². The Morgan fingerprint density at radius 2 is 1.61 bits per heavy atom. The molecule has 5 rings (SSSR count). The molecule has 4 aliphatic rings. The number of hydrogen-bond donors (Lipinski definition) is 0. The van der Waals surface area contributed by atoms with Crippen LogP contribution in [0.5, 0.6) is 0 Å². The molecule has 1 aromatic carbocycles. The fourth-order valence-corrected chi connectivity index (χ4v) is 4.86. The van der Waals surface area contributed by atoms with Gasteiger partial charge in [0, 0.05) is 39.3 Å². The minimum absolute atomic E-state index is 0.569. The fourth-order valence-electron chi connectivity index (χ4n) is 4.86. The van der Waals surface area contributed by atoms with Crippen molar-refractivity contribution >= 4 is 0 Å². The molecule has 2 nitrogen and oxygen atoms in total. The molecule has 1 saturated heterocycles. The Balaban J connectivity index is 1.28. The van der Waals surface area contributed by atoms with Crippen molar-refractivity contribution in [1.29, 1.82) is 0 Å². The SMILES string of the molecule is CC1(C)[C@H]2CC=C(CN3CCN(Cc4ccccc4)CC3)[C@H]1C2. The van der Waals surface area contributed by atoms with Crippen LogP contribution >= 0.6 is 0 Å². The summed E-state index contributed by atoms with van der Waals surface area (Å²) in [5, 5.41) is 0. The molecule has 0 radical (unpaired) electrons. The molecule has 23 heavy (non-hydrogen) atoms. The van der Waals surface area contributed by atoms with Crippen LogP contribution in [0.4, 0.5) is 0 Å². The second kappa shape index (κ2) is 6.07. The molecular formula is C21H30N2. The lowest BCUT2D eigenvalue weighted by Gasteiger charge is -2.57. The van der Waals surface area contributed by atoms with Crippen molar-refractivity contribution in [1.82, 2.24) is 9.80 Å². The van der Waals surface area contributed by atoms with Gasteiger partial charge >= 0.3 is 0 Å². The molecule has 1 aromatic rings. The van der Waals surface area contributed by atoms with Gasteiger partial charge in [0.2, 0.25) is 0 Å². The average molecular weight is 310 g/mol. The average Bonchev–Trinajstić information content (AvgIpc) is 2.57. The van der Waals surface area contributed by atoms with E-state index in [9.17, 15) is 0 Å². The first-order valence-electron chi connectivity index (χ1n) is 9.30. The molecule has 2 heteroatoms. The van der Waals surface area contributed by atoms with Crippen molar-refractivity contribution in [2.24, 2.45) is 17.3 Å². The zero-order valence-electron chi connectivity index (χ0n) is 14.7. The van der Waals surface area contributed by atoms with Crippen LogP contribution in [0.1, 0.15) is 32.3 Å². The molecular weight excluding hydrogens is 280 g/mol. The highest BCUT2D eigenvalue weighted by Gasteiger charge is 2.51. The van der Waals surface area contributed by atoms with Gasteiger partial charge in [-0.05, 0) is 35.7 Å². The molecule has 1 heterocycles. The van der Waals surface area contributed by atoms with Gasteiger partial charge < -0.3 is 0 Å². The summed E-state index contributed by atoms with van der Waals surface area (Å²) in [7, 11) is 0. The monoisotopic (exact) mass is 310 g/mol. The smallest absolute Gasteiger partial charge is 0.0234 e. The summed E-state index contributed by atoms with van der Waals surface area (Å²) in [6, 6.07) is 10.9. The van der Waals surface area contributed by atoms with Gasteiger partial charge in [0.1, 0.15) is 0 Å². The van der Waals surface area contributed by atoms with Crippen LogP contribution in [0.25, 0.3) is 0 Å². The normalized spacial score (nSPS) is 30.6. The first-order valence-corrected chi connectivity index (χ1v) is 9.30. The third-order valence-corrected chi connectivity index (χ3v) is 6.70. The van der Waals surface area contributed by atoms with E-state index in [4.69, 9.17) is 0 Å². The maximum Gasteiger partial charge on any atom is 0.0234 e. The largest absolute Gasteiger partial charge is 0.297 e. The Morgan fingerprint density at radius 1 is 0.957 bits per heavy atom. The van der Waals surface area contributed by atoms with Crippen LogP contribution < -0.4 is 0 Å². The van der Waals surface area contributed by atoms with Crippen molar-refractivity contribution in [2.75, 3.05) is 32.7 Å². The molecule has 0 spiro atoms. The van der Waals surface area contributed by atoms with Crippen molar-refractivity contribution in [3.05, 3.63) is 47.5 Å². The maximum atomic E-state index is 2.68. The summed E-state index contributed by atoms with van der Waals surface area (Å²) >= 11 is 0. The van der Waals surface area contributed by atoms with Crippen molar-refractivity contribution in [3.63, 3.8) is 0 Å². The minimum atomic E-state index is 0.569. The van der Waals surface area contributed by atoms with E-state index in [1.165, 1.54) is 51.1 Å². The van der Waals surface area contributed by atoms with Gasteiger partial charge in [0.05, 0.1) is 0 Å². The lowest BCUT2D eigenvalue weighted by molar-refractivity contribution is -0.0121. The van der Waals surface area contributed by atoms with Crippen LogP contribution in [0.3, 0.4) is 0 Å². The van der Waals surface area contributed by atoms with Gasteiger partial charge in [-0.25, -0.2) is 0 Å². The lowest BCUT2D eigenvalue weighted by atomic mass is 9.49. The summed E-state index contributed by atoms with van der Waals surface area (Å²) in [4.78, 5) is 5.28. The molecule has 1 saturated carbocycles. The van der Waals surface area contributed by atoms with E-state index in [0.717, 1.165) is 18.4 Å². The Morgan fingerprint density at radius 3 is 2.22 bits per heavy atom. The molecule has 2 atom stereocenters. The molecule has 1 aliphatic heterocycles.